The van der Waals surface area contributed by atoms with Crippen molar-refractivity contribution >= 4 is 29.2 Å². The van der Waals surface area contributed by atoms with Crippen LogP contribution in [0.5, 0.6) is 0 Å². The first-order valence-electron chi connectivity index (χ1n) is 6.29. The number of rotatable bonds is 7. The number of pyridine rings is 1. The van der Waals surface area contributed by atoms with Gasteiger partial charge in [0.2, 0.25) is 0 Å². The SMILES string of the molecule is CSCCN(C)c1ccc(Cl)c(CNC2CC2)n1. The Morgan fingerprint density at radius 2 is 2.28 bits per heavy atom. The molecule has 0 bridgehead atoms. The molecule has 1 N–H and O–H groups in total. The van der Waals surface area contributed by atoms with Gasteiger partial charge in [-0.2, -0.15) is 11.8 Å². The third-order valence-electron chi connectivity index (χ3n) is 3.06. The van der Waals surface area contributed by atoms with Crippen LogP contribution < -0.4 is 10.2 Å². The van der Waals surface area contributed by atoms with Gasteiger partial charge in [-0.25, -0.2) is 4.98 Å². The van der Waals surface area contributed by atoms with Crippen molar-refractivity contribution in [2.75, 3.05) is 30.5 Å². The van der Waals surface area contributed by atoms with Crippen molar-refractivity contribution in [2.24, 2.45) is 0 Å². The van der Waals surface area contributed by atoms with Gasteiger partial charge in [0.1, 0.15) is 5.82 Å². The molecule has 0 spiro atoms. The maximum absolute atomic E-state index is 6.18. The molecular formula is C13H20ClN3S. The van der Waals surface area contributed by atoms with Gasteiger partial charge in [-0.05, 0) is 31.2 Å². The van der Waals surface area contributed by atoms with Gasteiger partial charge in [0, 0.05) is 31.9 Å². The van der Waals surface area contributed by atoms with Gasteiger partial charge in [-0.3, -0.25) is 0 Å². The summed E-state index contributed by atoms with van der Waals surface area (Å²) in [6, 6.07) is 4.62. The summed E-state index contributed by atoms with van der Waals surface area (Å²) in [5.41, 5.74) is 0.956. The Morgan fingerprint density at radius 1 is 1.50 bits per heavy atom. The molecule has 1 heterocycles. The molecule has 1 aliphatic carbocycles. The molecule has 1 aromatic heterocycles. The molecule has 0 aliphatic heterocycles. The Morgan fingerprint density at radius 3 is 2.94 bits per heavy atom. The summed E-state index contributed by atoms with van der Waals surface area (Å²) in [4.78, 5) is 6.82. The third kappa shape index (κ3) is 4.04. The Bertz CT molecular complexity index is 396. The molecule has 0 aromatic carbocycles. The summed E-state index contributed by atoms with van der Waals surface area (Å²) < 4.78 is 0. The van der Waals surface area contributed by atoms with E-state index in [-0.39, 0.29) is 0 Å². The zero-order valence-electron chi connectivity index (χ0n) is 10.9. The van der Waals surface area contributed by atoms with Crippen molar-refractivity contribution in [1.82, 2.24) is 10.3 Å². The highest BCUT2D eigenvalue weighted by Crippen LogP contribution is 2.22. The minimum atomic E-state index is 0.681. The van der Waals surface area contributed by atoms with Crippen molar-refractivity contribution in [1.29, 1.82) is 0 Å². The first-order chi connectivity index (χ1) is 8.70. The average Bonchev–Trinajstić information content (AvgIpc) is 3.19. The fourth-order valence-corrected chi connectivity index (χ4v) is 2.31. The monoisotopic (exact) mass is 285 g/mol. The second-order valence-electron chi connectivity index (χ2n) is 4.67. The van der Waals surface area contributed by atoms with E-state index in [2.05, 4.69) is 28.5 Å². The van der Waals surface area contributed by atoms with Crippen molar-refractivity contribution in [3.05, 3.63) is 22.8 Å². The molecule has 0 atom stereocenters. The Balaban J connectivity index is 1.99. The number of hydrogen-bond acceptors (Lipinski definition) is 4. The van der Waals surface area contributed by atoms with Gasteiger partial charge in [0.15, 0.2) is 0 Å². The lowest BCUT2D eigenvalue weighted by Crippen LogP contribution is -2.23. The number of nitrogens with one attached hydrogen (secondary N) is 1. The Hall–Kier alpha value is -0.450. The molecule has 0 unspecified atom stereocenters. The van der Waals surface area contributed by atoms with Crippen LogP contribution in [0.2, 0.25) is 5.02 Å². The highest BCUT2D eigenvalue weighted by molar-refractivity contribution is 7.98. The van der Waals surface area contributed by atoms with E-state index >= 15 is 0 Å². The summed E-state index contributed by atoms with van der Waals surface area (Å²) in [5, 5.41) is 4.21. The van der Waals surface area contributed by atoms with E-state index in [1.54, 1.807) is 0 Å². The van der Waals surface area contributed by atoms with Crippen molar-refractivity contribution in [2.45, 2.75) is 25.4 Å². The average molecular weight is 286 g/mol. The maximum atomic E-state index is 6.18. The molecule has 1 aliphatic rings. The van der Waals surface area contributed by atoms with Crippen LogP contribution in [-0.4, -0.2) is 36.6 Å². The number of hydrogen-bond donors (Lipinski definition) is 1. The summed E-state index contributed by atoms with van der Waals surface area (Å²) >= 11 is 8.03. The predicted octanol–water partition coefficient (Wildman–Crippen LogP) is 2.79. The number of halogens is 1. The molecule has 0 saturated heterocycles. The lowest BCUT2D eigenvalue weighted by atomic mass is 10.3. The summed E-state index contributed by atoms with van der Waals surface area (Å²) in [7, 11) is 2.07. The van der Waals surface area contributed by atoms with Crippen LogP contribution in [0.4, 0.5) is 5.82 Å². The Kier molecular flexibility index (Phi) is 5.15. The van der Waals surface area contributed by atoms with E-state index in [1.807, 2.05) is 23.9 Å². The summed E-state index contributed by atoms with van der Waals surface area (Å²) in [5.74, 6) is 2.11. The van der Waals surface area contributed by atoms with E-state index in [4.69, 9.17) is 11.6 Å². The van der Waals surface area contributed by atoms with Crippen LogP contribution in [0, 0.1) is 0 Å². The number of nitrogens with zero attached hydrogens (tertiary/aromatic N) is 2. The molecule has 18 heavy (non-hydrogen) atoms. The Labute approximate surface area is 118 Å². The van der Waals surface area contributed by atoms with Gasteiger partial charge in [0.05, 0.1) is 10.7 Å². The maximum Gasteiger partial charge on any atom is 0.128 e. The summed E-state index contributed by atoms with van der Waals surface area (Å²) in [6.45, 7) is 1.78. The molecule has 3 nitrogen and oxygen atoms in total. The lowest BCUT2D eigenvalue weighted by molar-refractivity contribution is 0.674. The normalized spacial score (nSPS) is 14.8. The highest BCUT2D eigenvalue weighted by atomic mass is 35.5. The quantitative estimate of drug-likeness (QED) is 0.834. The smallest absolute Gasteiger partial charge is 0.128 e. The van der Waals surface area contributed by atoms with Gasteiger partial charge in [-0.15, -0.1) is 0 Å². The van der Waals surface area contributed by atoms with Crippen LogP contribution in [0.3, 0.4) is 0 Å². The van der Waals surface area contributed by atoms with Crippen LogP contribution in [0.1, 0.15) is 18.5 Å². The molecule has 100 valence electrons. The van der Waals surface area contributed by atoms with E-state index in [0.717, 1.165) is 35.4 Å². The van der Waals surface area contributed by atoms with E-state index < -0.39 is 0 Å². The minimum Gasteiger partial charge on any atom is -0.359 e. The largest absolute Gasteiger partial charge is 0.359 e. The third-order valence-corrected chi connectivity index (χ3v) is 4.00. The fraction of sp³-hybridized carbons (Fsp3) is 0.615. The van der Waals surface area contributed by atoms with Gasteiger partial charge in [-0.1, -0.05) is 11.6 Å². The van der Waals surface area contributed by atoms with Gasteiger partial charge < -0.3 is 10.2 Å². The second-order valence-corrected chi connectivity index (χ2v) is 6.06. The molecule has 1 aromatic rings. The highest BCUT2D eigenvalue weighted by Gasteiger charge is 2.20. The first kappa shape index (κ1) is 14.0. The molecule has 5 heteroatoms. The van der Waals surface area contributed by atoms with Gasteiger partial charge >= 0.3 is 0 Å². The van der Waals surface area contributed by atoms with Gasteiger partial charge in [0.25, 0.3) is 0 Å². The fourth-order valence-electron chi connectivity index (χ4n) is 1.68. The zero-order chi connectivity index (χ0) is 13.0. The second kappa shape index (κ2) is 6.64. The first-order valence-corrected chi connectivity index (χ1v) is 8.06. The van der Waals surface area contributed by atoms with Crippen LogP contribution in [-0.2, 0) is 6.54 Å². The van der Waals surface area contributed by atoms with Crippen molar-refractivity contribution in [3.63, 3.8) is 0 Å². The molecule has 2 rings (SSSR count). The minimum absolute atomic E-state index is 0.681. The molecule has 0 radical (unpaired) electrons. The van der Waals surface area contributed by atoms with E-state index in [9.17, 15) is 0 Å². The van der Waals surface area contributed by atoms with E-state index in [1.165, 1.54) is 12.8 Å². The number of aromatic nitrogens is 1. The molecule has 1 saturated carbocycles. The molecular weight excluding hydrogens is 266 g/mol. The van der Waals surface area contributed by atoms with Crippen LogP contribution in [0.15, 0.2) is 12.1 Å². The topological polar surface area (TPSA) is 28.2 Å². The zero-order valence-corrected chi connectivity index (χ0v) is 12.5. The summed E-state index contributed by atoms with van der Waals surface area (Å²) in [6.07, 6.45) is 4.68. The predicted molar refractivity (Wildman–Crippen MR) is 80.8 cm³/mol. The number of anilines is 1. The lowest BCUT2D eigenvalue weighted by Gasteiger charge is -2.18. The molecule has 1 fully saturated rings. The molecule has 0 amide bonds. The number of thioether (sulfide) groups is 1. The van der Waals surface area contributed by atoms with E-state index in [0.29, 0.717) is 6.04 Å². The van der Waals surface area contributed by atoms with Crippen molar-refractivity contribution in [3.8, 4) is 0 Å². The van der Waals surface area contributed by atoms with Crippen LogP contribution in [0.25, 0.3) is 0 Å². The van der Waals surface area contributed by atoms with Crippen LogP contribution >= 0.6 is 23.4 Å². The standard InChI is InChI=1S/C13H20ClN3S/c1-17(7-8-18-2)13-6-5-11(14)12(16-13)9-15-10-3-4-10/h5-6,10,15H,3-4,7-9H2,1-2H3. The van der Waals surface area contributed by atoms with Crippen molar-refractivity contribution < 1.29 is 0 Å².